The van der Waals surface area contributed by atoms with Crippen molar-refractivity contribution in [2.45, 2.75) is 18.6 Å². The SMILES string of the molecule is FC1(c2cccnc2)CCN(Cc2ccccc2)C1. The summed E-state index contributed by atoms with van der Waals surface area (Å²) < 4.78 is 14.9. The van der Waals surface area contributed by atoms with E-state index in [1.165, 1.54) is 5.56 Å². The zero-order chi connectivity index (χ0) is 13.1. The quantitative estimate of drug-likeness (QED) is 0.838. The number of nitrogens with zero attached hydrogens (tertiary/aromatic N) is 2. The molecular formula is C16H17FN2. The van der Waals surface area contributed by atoms with Crippen molar-refractivity contribution in [1.82, 2.24) is 9.88 Å². The molecule has 0 amide bonds. The van der Waals surface area contributed by atoms with Gasteiger partial charge in [0.1, 0.15) is 0 Å². The fourth-order valence-electron chi connectivity index (χ4n) is 2.69. The number of likely N-dealkylation sites (tertiary alicyclic amines) is 1. The third kappa shape index (κ3) is 2.66. The first-order chi connectivity index (χ1) is 9.26. The summed E-state index contributed by atoms with van der Waals surface area (Å²) >= 11 is 0. The minimum atomic E-state index is -1.25. The van der Waals surface area contributed by atoms with E-state index in [0.29, 0.717) is 18.5 Å². The molecule has 0 spiro atoms. The highest BCUT2D eigenvalue weighted by Gasteiger charge is 2.39. The van der Waals surface area contributed by atoms with Crippen LogP contribution in [-0.2, 0) is 12.2 Å². The maximum atomic E-state index is 14.9. The Hall–Kier alpha value is -1.74. The molecule has 19 heavy (non-hydrogen) atoms. The van der Waals surface area contributed by atoms with E-state index >= 15 is 0 Å². The second kappa shape index (κ2) is 5.10. The number of hydrogen-bond donors (Lipinski definition) is 0. The molecule has 1 aliphatic rings. The van der Waals surface area contributed by atoms with E-state index in [1.54, 1.807) is 18.5 Å². The molecule has 98 valence electrons. The standard InChI is InChI=1S/C16H17FN2/c17-16(15-7-4-9-18-11-15)8-10-19(13-16)12-14-5-2-1-3-6-14/h1-7,9,11H,8,10,12-13H2. The van der Waals surface area contributed by atoms with Crippen molar-refractivity contribution < 1.29 is 4.39 Å². The molecule has 1 aromatic heterocycles. The molecule has 1 unspecified atom stereocenters. The van der Waals surface area contributed by atoms with Crippen LogP contribution in [0.2, 0.25) is 0 Å². The number of benzene rings is 1. The lowest BCUT2D eigenvalue weighted by Crippen LogP contribution is -2.27. The van der Waals surface area contributed by atoms with Crippen molar-refractivity contribution in [1.29, 1.82) is 0 Å². The van der Waals surface area contributed by atoms with E-state index in [9.17, 15) is 4.39 Å². The van der Waals surface area contributed by atoms with Gasteiger partial charge in [-0.25, -0.2) is 4.39 Å². The molecule has 0 N–H and O–H groups in total. The average Bonchev–Trinajstić information content (AvgIpc) is 2.84. The lowest BCUT2D eigenvalue weighted by Gasteiger charge is -2.21. The zero-order valence-electron chi connectivity index (χ0n) is 10.8. The van der Waals surface area contributed by atoms with Gasteiger partial charge in [0.2, 0.25) is 0 Å². The van der Waals surface area contributed by atoms with Crippen LogP contribution < -0.4 is 0 Å². The monoisotopic (exact) mass is 256 g/mol. The van der Waals surface area contributed by atoms with Crippen LogP contribution in [0.3, 0.4) is 0 Å². The summed E-state index contributed by atoms with van der Waals surface area (Å²) in [7, 11) is 0. The van der Waals surface area contributed by atoms with Crippen LogP contribution in [0.25, 0.3) is 0 Å². The van der Waals surface area contributed by atoms with Crippen LogP contribution in [0.1, 0.15) is 17.5 Å². The molecule has 1 aromatic carbocycles. The largest absolute Gasteiger partial charge is 0.295 e. The molecule has 1 saturated heterocycles. The van der Waals surface area contributed by atoms with Crippen LogP contribution in [0.5, 0.6) is 0 Å². The predicted octanol–water partition coefficient (Wildman–Crippen LogP) is 3.15. The van der Waals surface area contributed by atoms with Gasteiger partial charge >= 0.3 is 0 Å². The van der Waals surface area contributed by atoms with Gasteiger partial charge in [0, 0.05) is 37.6 Å². The second-order valence-corrected chi connectivity index (χ2v) is 5.15. The van der Waals surface area contributed by atoms with E-state index in [4.69, 9.17) is 0 Å². The minimum Gasteiger partial charge on any atom is -0.295 e. The summed E-state index contributed by atoms with van der Waals surface area (Å²) in [6.45, 7) is 2.06. The number of halogens is 1. The summed E-state index contributed by atoms with van der Waals surface area (Å²) in [4.78, 5) is 6.19. The summed E-state index contributed by atoms with van der Waals surface area (Å²) in [5, 5.41) is 0. The van der Waals surface area contributed by atoms with Gasteiger partial charge in [-0.15, -0.1) is 0 Å². The summed E-state index contributed by atoms with van der Waals surface area (Å²) in [5.74, 6) is 0. The smallest absolute Gasteiger partial charge is 0.151 e. The zero-order valence-corrected chi connectivity index (χ0v) is 10.8. The Bertz CT molecular complexity index is 529. The highest BCUT2D eigenvalue weighted by molar-refractivity contribution is 5.21. The third-order valence-corrected chi connectivity index (χ3v) is 3.73. The van der Waals surface area contributed by atoms with E-state index in [0.717, 1.165) is 13.1 Å². The first-order valence-electron chi connectivity index (χ1n) is 6.62. The maximum Gasteiger partial charge on any atom is 0.151 e. The lowest BCUT2D eigenvalue weighted by atomic mass is 9.97. The van der Waals surface area contributed by atoms with Gasteiger partial charge in [0.15, 0.2) is 5.67 Å². The van der Waals surface area contributed by atoms with Crippen molar-refractivity contribution in [3.8, 4) is 0 Å². The molecule has 3 heteroatoms. The van der Waals surface area contributed by atoms with Gasteiger partial charge in [0.25, 0.3) is 0 Å². The number of pyridine rings is 1. The molecule has 1 atom stereocenters. The van der Waals surface area contributed by atoms with Crippen molar-refractivity contribution in [3.63, 3.8) is 0 Å². The molecule has 3 rings (SSSR count). The Labute approximate surface area is 112 Å². The van der Waals surface area contributed by atoms with E-state index in [-0.39, 0.29) is 0 Å². The van der Waals surface area contributed by atoms with E-state index in [1.807, 2.05) is 24.3 Å². The van der Waals surface area contributed by atoms with Crippen LogP contribution >= 0.6 is 0 Å². The summed E-state index contributed by atoms with van der Waals surface area (Å²) in [6, 6.07) is 13.9. The lowest BCUT2D eigenvalue weighted by molar-refractivity contribution is 0.164. The van der Waals surface area contributed by atoms with Crippen LogP contribution in [0.4, 0.5) is 4.39 Å². The molecule has 2 heterocycles. The van der Waals surface area contributed by atoms with Crippen LogP contribution in [-0.4, -0.2) is 23.0 Å². The predicted molar refractivity (Wildman–Crippen MR) is 73.4 cm³/mol. The minimum absolute atomic E-state index is 0.452. The Morgan fingerprint density at radius 3 is 2.74 bits per heavy atom. The Kier molecular flexibility index (Phi) is 3.30. The molecule has 0 radical (unpaired) electrons. The number of hydrogen-bond acceptors (Lipinski definition) is 2. The highest BCUT2D eigenvalue weighted by Crippen LogP contribution is 2.36. The number of alkyl halides is 1. The normalized spacial score (nSPS) is 23.6. The Morgan fingerprint density at radius 1 is 1.16 bits per heavy atom. The van der Waals surface area contributed by atoms with E-state index in [2.05, 4.69) is 22.0 Å². The first-order valence-corrected chi connectivity index (χ1v) is 6.62. The van der Waals surface area contributed by atoms with Gasteiger partial charge in [0.05, 0.1) is 0 Å². The number of rotatable bonds is 3. The van der Waals surface area contributed by atoms with Crippen LogP contribution in [0, 0.1) is 0 Å². The van der Waals surface area contributed by atoms with Gasteiger partial charge in [-0.1, -0.05) is 36.4 Å². The fraction of sp³-hybridized carbons (Fsp3) is 0.312. The summed E-state index contributed by atoms with van der Waals surface area (Å²) in [5.41, 5.74) is 0.687. The molecule has 2 nitrogen and oxygen atoms in total. The maximum absolute atomic E-state index is 14.9. The third-order valence-electron chi connectivity index (χ3n) is 3.73. The molecule has 0 bridgehead atoms. The molecule has 2 aromatic rings. The Balaban J connectivity index is 1.70. The first kappa shape index (κ1) is 12.3. The van der Waals surface area contributed by atoms with Crippen molar-refractivity contribution in [2.24, 2.45) is 0 Å². The Morgan fingerprint density at radius 2 is 2.00 bits per heavy atom. The summed E-state index contributed by atoms with van der Waals surface area (Å²) in [6.07, 6.45) is 3.88. The van der Waals surface area contributed by atoms with Crippen molar-refractivity contribution in [3.05, 3.63) is 66.0 Å². The van der Waals surface area contributed by atoms with Crippen molar-refractivity contribution in [2.75, 3.05) is 13.1 Å². The molecule has 0 saturated carbocycles. The second-order valence-electron chi connectivity index (χ2n) is 5.15. The van der Waals surface area contributed by atoms with Crippen molar-refractivity contribution >= 4 is 0 Å². The topological polar surface area (TPSA) is 16.1 Å². The fourth-order valence-corrected chi connectivity index (χ4v) is 2.69. The van der Waals surface area contributed by atoms with Crippen LogP contribution in [0.15, 0.2) is 54.9 Å². The van der Waals surface area contributed by atoms with E-state index < -0.39 is 5.67 Å². The van der Waals surface area contributed by atoms with Gasteiger partial charge in [-0.2, -0.15) is 0 Å². The van der Waals surface area contributed by atoms with Gasteiger partial charge in [-0.3, -0.25) is 9.88 Å². The molecule has 1 fully saturated rings. The van der Waals surface area contributed by atoms with Gasteiger partial charge < -0.3 is 0 Å². The number of aromatic nitrogens is 1. The average molecular weight is 256 g/mol. The molecule has 1 aliphatic heterocycles. The molecular weight excluding hydrogens is 239 g/mol. The van der Waals surface area contributed by atoms with Gasteiger partial charge in [-0.05, 0) is 18.1 Å². The highest BCUT2D eigenvalue weighted by atomic mass is 19.1. The molecule has 0 aliphatic carbocycles.